The van der Waals surface area contributed by atoms with Gasteiger partial charge in [-0.15, -0.1) is 0 Å². The average Bonchev–Trinajstić information content (AvgIpc) is 2.55. The highest BCUT2D eigenvalue weighted by Gasteiger charge is 2.26. The van der Waals surface area contributed by atoms with Gasteiger partial charge in [-0.05, 0) is 34.5 Å². The Morgan fingerprint density at radius 1 is 1.47 bits per heavy atom. The van der Waals surface area contributed by atoms with E-state index in [1.807, 2.05) is 23.6 Å². The Bertz CT molecular complexity index is 719. The van der Waals surface area contributed by atoms with Crippen LogP contribution in [-0.4, -0.2) is 23.6 Å². The Balaban J connectivity index is 2.35. The summed E-state index contributed by atoms with van der Waals surface area (Å²) in [5.74, 6) is 0.309. The fourth-order valence-electron chi connectivity index (χ4n) is 2.25. The van der Waals surface area contributed by atoms with Gasteiger partial charge in [0.1, 0.15) is 5.65 Å². The zero-order valence-corrected chi connectivity index (χ0v) is 11.7. The Kier molecular flexibility index (Phi) is 2.35. The molecule has 3 heterocycles. The van der Waals surface area contributed by atoms with Gasteiger partial charge in [0.2, 0.25) is 0 Å². The van der Waals surface area contributed by atoms with Crippen molar-refractivity contribution in [1.29, 1.82) is 0 Å². The van der Waals surface area contributed by atoms with Gasteiger partial charge >= 0.3 is 0 Å². The van der Waals surface area contributed by atoms with Gasteiger partial charge in [0, 0.05) is 17.1 Å². The van der Waals surface area contributed by atoms with Crippen LogP contribution in [0.4, 0.5) is 0 Å². The first-order valence-electron chi connectivity index (χ1n) is 5.33. The van der Waals surface area contributed by atoms with Gasteiger partial charge in [0.15, 0.2) is 9.84 Å². The van der Waals surface area contributed by atoms with Gasteiger partial charge in [-0.3, -0.25) is 0 Å². The van der Waals surface area contributed by atoms with E-state index in [0.29, 0.717) is 6.42 Å². The number of aromatic nitrogens is 2. The molecule has 0 atom stereocenters. The zero-order chi connectivity index (χ0) is 12.2. The Hall–Kier alpha value is -0.880. The molecule has 2 aromatic rings. The molecular weight excluding hydrogens is 304 g/mol. The number of hydrogen-bond donors (Lipinski definition) is 0. The number of sulfone groups is 1. The van der Waals surface area contributed by atoms with Crippen LogP contribution >= 0.6 is 15.9 Å². The molecule has 0 radical (unpaired) electrons. The highest BCUT2D eigenvalue weighted by Crippen LogP contribution is 2.25. The van der Waals surface area contributed by atoms with E-state index in [0.717, 1.165) is 27.1 Å². The molecule has 0 saturated carbocycles. The number of nitrogens with zero attached hydrogens (tertiary/aromatic N) is 2. The van der Waals surface area contributed by atoms with Crippen LogP contribution in [-0.2, 0) is 22.0 Å². The van der Waals surface area contributed by atoms with E-state index in [1.165, 1.54) is 0 Å². The number of imidazole rings is 1. The second-order valence-corrected chi connectivity index (χ2v) is 7.48. The van der Waals surface area contributed by atoms with Crippen molar-refractivity contribution >= 4 is 31.4 Å². The van der Waals surface area contributed by atoms with E-state index < -0.39 is 9.84 Å². The number of rotatable bonds is 0. The van der Waals surface area contributed by atoms with Crippen molar-refractivity contribution in [3.63, 3.8) is 0 Å². The molecule has 1 aliphatic heterocycles. The second kappa shape index (κ2) is 3.55. The summed E-state index contributed by atoms with van der Waals surface area (Å²) < 4.78 is 26.2. The van der Waals surface area contributed by atoms with Gasteiger partial charge < -0.3 is 4.40 Å². The van der Waals surface area contributed by atoms with E-state index in [9.17, 15) is 8.42 Å². The molecule has 90 valence electrons. The third kappa shape index (κ3) is 1.79. The van der Waals surface area contributed by atoms with Crippen molar-refractivity contribution in [1.82, 2.24) is 9.38 Å². The number of hydrogen-bond acceptors (Lipinski definition) is 3. The van der Waals surface area contributed by atoms with Crippen LogP contribution in [0.15, 0.2) is 16.7 Å². The number of fused-ring (bicyclic) bond motifs is 3. The average molecular weight is 315 g/mol. The Morgan fingerprint density at radius 3 is 3.00 bits per heavy atom. The minimum Gasteiger partial charge on any atom is -0.301 e. The topological polar surface area (TPSA) is 51.4 Å². The Morgan fingerprint density at radius 2 is 2.24 bits per heavy atom. The van der Waals surface area contributed by atoms with E-state index in [4.69, 9.17) is 0 Å². The van der Waals surface area contributed by atoms with Crippen LogP contribution in [0, 0.1) is 6.92 Å². The summed E-state index contributed by atoms with van der Waals surface area (Å²) in [7, 11) is -2.96. The van der Waals surface area contributed by atoms with E-state index in [2.05, 4.69) is 20.9 Å². The van der Waals surface area contributed by atoms with E-state index >= 15 is 0 Å². The fourth-order valence-corrected chi connectivity index (χ4v) is 4.17. The van der Waals surface area contributed by atoms with Crippen LogP contribution < -0.4 is 0 Å². The highest BCUT2D eigenvalue weighted by atomic mass is 79.9. The number of halogens is 1. The number of pyridine rings is 1. The quantitative estimate of drug-likeness (QED) is 0.746. The lowest BCUT2D eigenvalue weighted by Gasteiger charge is -2.11. The van der Waals surface area contributed by atoms with Gasteiger partial charge in [0.05, 0.1) is 22.9 Å². The molecule has 1 aliphatic rings. The molecule has 0 amide bonds. The first-order chi connectivity index (χ1) is 7.96. The van der Waals surface area contributed by atoms with Crippen LogP contribution in [0.5, 0.6) is 0 Å². The third-order valence-electron chi connectivity index (χ3n) is 3.06. The van der Waals surface area contributed by atoms with Crippen LogP contribution in [0.2, 0.25) is 0 Å². The normalized spacial score (nSPS) is 18.2. The predicted molar refractivity (Wildman–Crippen MR) is 68.8 cm³/mol. The molecule has 0 saturated heterocycles. The van der Waals surface area contributed by atoms with Crippen LogP contribution in [0.1, 0.15) is 17.0 Å². The minimum atomic E-state index is -2.96. The summed E-state index contributed by atoms with van der Waals surface area (Å²) in [6.07, 6.45) is 2.41. The standard InChI is InChI=1S/C11H11BrN2O2S/c1-7-4-8(12)5-14-10-6-17(15,16)3-2-9(10)13-11(7)14/h4-5H,2-3,6H2,1H3. The van der Waals surface area contributed by atoms with E-state index in [-0.39, 0.29) is 11.5 Å². The van der Waals surface area contributed by atoms with Gasteiger partial charge in [-0.1, -0.05) is 0 Å². The van der Waals surface area contributed by atoms with Crippen molar-refractivity contribution in [3.8, 4) is 0 Å². The highest BCUT2D eigenvalue weighted by molar-refractivity contribution is 9.10. The monoisotopic (exact) mass is 314 g/mol. The zero-order valence-electron chi connectivity index (χ0n) is 9.27. The van der Waals surface area contributed by atoms with Gasteiger partial charge in [-0.25, -0.2) is 13.4 Å². The molecule has 0 N–H and O–H groups in total. The summed E-state index contributed by atoms with van der Waals surface area (Å²) in [5.41, 5.74) is 3.64. The summed E-state index contributed by atoms with van der Waals surface area (Å²) in [6.45, 7) is 1.98. The summed E-state index contributed by atoms with van der Waals surface area (Å²) >= 11 is 3.43. The lowest BCUT2D eigenvalue weighted by molar-refractivity contribution is 0.590. The molecule has 0 spiro atoms. The van der Waals surface area contributed by atoms with Crippen molar-refractivity contribution < 1.29 is 8.42 Å². The first-order valence-corrected chi connectivity index (χ1v) is 7.94. The molecule has 3 rings (SSSR count). The van der Waals surface area contributed by atoms with Crippen molar-refractivity contribution in [2.75, 3.05) is 5.75 Å². The van der Waals surface area contributed by atoms with Crippen molar-refractivity contribution in [3.05, 3.63) is 33.7 Å². The molecule has 0 bridgehead atoms. The number of aryl methyl sites for hydroxylation is 2. The maximum absolute atomic E-state index is 11.7. The molecule has 0 aromatic carbocycles. The fraction of sp³-hybridized carbons (Fsp3) is 0.364. The van der Waals surface area contributed by atoms with Gasteiger partial charge in [0.25, 0.3) is 0 Å². The first kappa shape index (κ1) is 11.2. The SMILES string of the molecule is Cc1cc(Br)cn2c3c(nc12)CCS(=O)(=O)C3. The van der Waals surface area contributed by atoms with Crippen LogP contribution in [0.3, 0.4) is 0 Å². The molecule has 0 unspecified atom stereocenters. The molecule has 0 fully saturated rings. The Labute approximate surface area is 108 Å². The van der Waals surface area contributed by atoms with E-state index in [1.54, 1.807) is 0 Å². The van der Waals surface area contributed by atoms with Crippen molar-refractivity contribution in [2.24, 2.45) is 0 Å². The van der Waals surface area contributed by atoms with Crippen LogP contribution in [0.25, 0.3) is 5.65 Å². The summed E-state index contributed by atoms with van der Waals surface area (Å²) in [6, 6.07) is 1.99. The molecule has 4 nitrogen and oxygen atoms in total. The van der Waals surface area contributed by atoms with Crippen molar-refractivity contribution in [2.45, 2.75) is 19.1 Å². The largest absolute Gasteiger partial charge is 0.301 e. The third-order valence-corrected chi connectivity index (χ3v) is 5.03. The lowest BCUT2D eigenvalue weighted by atomic mass is 10.3. The maximum Gasteiger partial charge on any atom is 0.156 e. The molecular formula is C11H11BrN2O2S. The summed E-state index contributed by atoms with van der Waals surface area (Å²) in [5, 5.41) is 0. The molecule has 17 heavy (non-hydrogen) atoms. The second-order valence-electron chi connectivity index (χ2n) is 4.38. The maximum atomic E-state index is 11.7. The summed E-state index contributed by atoms with van der Waals surface area (Å²) in [4.78, 5) is 4.54. The predicted octanol–water partition coefficient (Wildman–Crippen LogP) is 1.88. The molecule has 2 aromatic heterocycles. The lowest BCUT2D eigenvalue weighted by Crippen LogP contribution is -2.19. The van der Waals surface area contributed by atoms with Gasteiger partial charge in [-0.2, -0.15) is 0 Å². The minimum absolute atomic E-state index is 0.0966. The molecule has 0 aliphatic carbocycles. The smallest absolute Gasteiger partial charge is 0.156 e. The molecule has 6 heteroatoms.